The van der Waals surface area contributed by atoms with Crippen LogP contribution in [0.15, 0.2) is 47.3 Å². The van der Waals surface area contributed by atoms with Gasteiger partial charge in [0.05, 0.1) is 25.1 Å². The van der Waals surface area contributed by atoms with Gasteiger partial charge in [0.25, 0.3) is 0 Å². The van der Waals surface area contributed by atoms with Crippen molar-refractivity contribution in [3.05, 3.63) is 59.8 Å². The number of amides is 1. The summed E-state index contributed by atoms with van der Waals surface area (Å²) >= 11 is 0. The van der Waals surface area contributed by atoms with Gasteiger partial charge in [-0.05, 0) is 23.8 Å². The summed E-state index contributed by atoms with van der Waals surface area (Å²) in [5, 5.41) is 12.3. The Hall–Kier alpha value is -2.14. The van der Waals surface area contributed by atoms with Crippen molar-refractivity contribution < 1.29 is 18.7 Å². The molecule has 0 fully saturated rings. The van der Waals surface area contributed by atoms with Crippen LogP contribution in [-0.4, -0.2) is 17.6 Å². The molecular weight excluding hydrogens is 249 g/mol. The van der Waals surface area contributed by atoms with Gasteiger partial charge in [-0.25, -0.2) is 4.39 Å². The molecule has 1 heterocycles. The lowest BCUT2D eigenvalue weighted by Crippen LogP contribution is -2.29. The first-order valence-electron chi connectivity index (χ1n) is 5.86. The third kappa shape index (κ3) is 3.93. The van der Waals surface area contributed by atoms with E-state index in [-0.39, 0.29) is 24.7 Å². The smallest absolute Gasteiger partial charge is 0.224 e. The molecule has 0 radical (unpaired) electrons. The summed E-state index contributed by atoms with van der Waals surface area (Å²) in [6.07, 6.45) is 2.24. The van der Waals surface area contributed by atoms with Crippen LogP contribution >= 0.6 is 0 Å². The Labute approximate surface area is 109 Å². The Morgan fingerprint density at radius 3 is 2.68 bits per heavy atom. The lowest BCUT2D eigenvalue weighted by Gasteiger charge is -2.10. The van der Waals surface area contributed by atoms with E-state index in [4.69, 9.17) is 4.42 Å². The molecule has 1 aromatic heterocycles. The Balaban J connectivity index is 1.80. The zero-order valence-electron chi connectivity index (χ0n) is 10.2. The zero-order chi connectivity index (χ0) is 13.7. The van der Waals surface area contributed by atoms with Gasteiger partial charge in [-0.2, -0.15) is 0 Å². The van der Waals surface area contributed by atoms with Crippen LogP contribution in [0.5, 0.6) is 0 Å². The maximum absolute atomic E-state index is 12.7. The average molecular weight is 263 g/mol. The summed E-state index contributed by atoms with van der Waals surface area (Å²) < 4.78 is 17.5. The van der Waals surface area contributed by atoms with Crippen molar-refractivity contribution in [3.63, 3.8) is 0 Å². The number of furan rings is 1. The van der Waals surface area contributed by atoms with Crippen LogP contribution in [-0.2, 0) is 11.2 Å². The molecule has 19 heavy (non-hydrogen) atoms. The molecule has 0 spiro atoms. The monoisotopic (exact) mass is 263 g/mol. The number of aliphatic hydroxyl groups is 1. The average Bonchev–Trinajstić information content (AvgIpc) is 2.93. The van der Waals surface area contributed by atoms with Crippen molar-refractivity contribution in [1.82, 2.24) is 5.32 Å². The van der Waals surface area contributed by atoms with E-state index in [0.29, 0.717) is 5.56 Å². The fourth-order valence-corrected chi connectivity index (χ4v) is 1.64. The maximum Gasteiger partial charge on any atom is 0.224 e. The van der Waals surface area contributed by atoms with Crippen LogP contribution in [0.4, 0.5) is 4.39 Å². The molecule has 0 aliphatic rings. The summed E-state index contributed by atoms with van der Waals surface area (Å²) in [5.74, 6) is -0.561. The largest absolute Gasteiger partial charge is 0.472 e. The number of hydrogen-bond acceptors (Lipinski definition) is 3. The van der Waals surface area contributed by atoms with E-state index in [2.05, 4.69) is 5.32 Å². The van der Waals surface area contributed by atoms with Gasteiger partial charge in [0.2, 0.25) is 5.91 Å². The molecule has 2 rings (SSSR count). The van der Waals surface area contributed by atoms with Crippen molar-refractivity contribution in [2.75, 3.05) is 6.54 Å². The van der Waals surface area contributed by atoms with Gasteiger partial charge in [-0.3, -0.25) is 4.79 Å². The van der Waals surface area contributed by atoms with Crippen LogP contribution in [0.2, 0.25) is 0 Å². The number of benzene rings is 1. The normalized spacial score (nSPS) is 12.1. The molecule has 0 saturated carbocycles. The summed E-state index contributed by atoms with van der Waals surface area (Å²) in [7, 11) is 0. The van der Waals surface area contributed by atoms with E-state index < -0.39 is 6.10 Å². The highest BCUT2D eigenvalue weighted by molar-refractivity contribution is 5.78. The first-order chi connectivity index (χ1) is 9.15. The predicted molar refractivity (Wildman–Crippen MR) is 66.8 cm³/mol. The summed E-state index contributed by atoms with van der Waals surface area (Å²) in [6.45, 7) is 0.111. The second kappa shape index (κ2) is 6.15. The predicted octanol–water partition coefficient (Wildman–Crippen LogP) is 1.81. The SMILES string of the molecule is O=C(Cc1ccc(F)cc1)NC[C@@H](O)c1ccoc1. The van der Waals surface area contributed by atoms with Crippen molar-refractivity contribution in [3.8, 4) is 0 Å². The van der Waals surface area contributed by atoms with E-state index >= 15 is 0 Å². The summed E-state index contributed by atoms with van der Waals surface area (Å²) in [6, 6.07) is 7.37. The lowest BCUT2D eigenvalue weighted by atomic mass is 10.1. The number of hydrogen-bond donors (Lipinski definition) is 2. The van der Waals surface area contributed by atoms with Crippen LogP contribution in [0.1, 0.15) is 17.2 Å². The molecule has 0 aliphatic heterocycles. The molecule has 5 heteroatoms. The molecule has 0 bridgehead atoms. The second-order valence-electron chi connectivity index (χ2n) is 4.18. The number of nitrogens with one attached hydrogen (secondary N) is 1. The number of carbonyl (C=O) groups is 1. The molecule has 1 amide bonds. The molecule has 2 aromatic rings. The molecule has 1 atom stereocenters. The van der Waals surface area contributed by atoms with Crippen LogP contribution in [0.3, 0.4) is 0 Å². The summed E-state index contributed by atoms with van der Waals surface area (Å²) in [5.41, 5.74) is 1.33. The topological polar surface area (TPSA) is 62.5 Å². The Kier molecular flexibility index (Phi) is 4.30. The van der Waals surface area contributed by atoms with Gasteiger partial charge >= 0.3 is 0 Å². The number of rotatable bonds is 5. The standard InChI is InChI=1S/C14H14FNO3/c15-12-3-1-10(2-4-12)7-14(18)16-8-13(17)11-5-6-19-9-11/h1-6,9,13,17H,7-8H2,(H,16,18)/t13-/m1/s1. The van der Waals surface area contributed by atoms with Gasteiger partial charge in [0, 0.05) is 12.1 Å². The number of carbonyl (C=O) groups excluding carboxylic acids is 1. The third-order valence-corrected chi connectivity index (χ3v) is 2.70. The van der Waals surface area contributed by atoms with Crippen molar-refractivity contribution in [2.45, 2.75) is 12.5 Å². The Morgan fingerprint density at radius 1 is 1.32 bits per heavy atom. The van der Waals surface area contributed by atoms with Gasteiger partial charge in [-0.15, -0.1) is 0 Å². The first-order valence-corrected chi connectivity index (χ1v) is 5.86. The Morgan fingerprint density at radius 2 is 2.05 bits per heavy atom. The highest BCUT2D eigenvalue weighted by atomic mass is 19.1. The fraction of sp³-hybridized carbons (Fsp3) is 0.214. The molecular formula is C14H14FNO3. The summed E-state index contributed by atoms with van der Waals surface area (Å²) in [4.78, 5) is 11.6. The zero-order valence-corrected chi connectivity index (χ0v) is 10.2. The van der Waals surface area contributed by atoms with E-state index in [9.17, 15) is 14.3 Å². The molecule has 1 aromatic carbocycles. The minimum Gasteiger partial charge on any atom is -0.472 e. The quantitative estimate of drug-likeness (QED) is 0.864. The highest BCUT2D eigenvalue weighted by Crippen LogP contribution is 2.11. The minimum absolute atomic E-state index is 0.111. The first kappa shape index (κ1) is 13.3. The van der Waals surface area contributed by atoms with Crippen LogP contribution < -0.4 is 5.32 Å². The second-order valence-corrected chi connectivity index (χ2v) is 4.18. The van der Waals surface area contributed by atoms with Gasteiger partial charge < -0.3 is 14.8 Å². The molecule has 100 valence electrons. The number of aliphatic hydroxyl groups excluding tert-OH is 1. The lowest BCUT2D eigenvalue weighted by molar-refractivity contribution is -0.120. The van der Waals surface area contributed by atoms with Gasteiger partial charge in [0.1, 0.15) is 5.82 Å². The third-order valence-electron chi connectivity index (χ3n) is 2.70. The molecule has 2 N–H and O–H groups in total. The van der Waals surface area contributed by atoms with E-state index in [1.54, 1.807) is 18.2 Å². The Bertz CT molecular complexity index is 522. The van der Waals surface area contributed by atoms with E-state index in [1.165, 1.54) is 24.7 Å². The fourth-order valence-electron chi connectivity index (χ4n) is 1.64. The van der Waals surface area contributed by atoms with Crippen molar-refractivity contribution >= 4 is 5.91 Å². The van der Waals surface area contributed by atoms with Gasteiger partial charge in [0.15, 0.2) is 0 Å². The molecule has 4 nitrogen and oxygen atoms in total. The number of halogens is 1. The minimum atomic E-state index is -0.795. The molecule has 0 saturated heterocycles. The highest BCUT2D eigenvalue weighted by Gasteiger charge is 2.10. The molecule has 0 unspecified atom stereocenters. The van der Waals surface area contributed by atoms with Crippen molar-refractivity contribution in [2.24, 2.45) is 0 Å². The van der Waals surface area contributed by atoms with Crippen LogP contribution in [0, 0.1) is 5.82 Å². The van der Waals surface area contributed by atoms with Crippen LogP contribution in [0.25, 0.3) is 0 Å². The van der Waals surface area contributed by atoms with E-state index in [1.807, 2.05) is 0 Å². The van der Waals surface area contributed by atoms with Crippen molar-refractivity contribution in [1.29, 1.82) is 0 Å². The maximum atomic E-state index is 12.7. The molecule has 0 aliphatic carbocycles. The van der Waals surface area contributed by atoms with E-state index in [0.717, 1.165) is 5.56 Å². The van der Waals surface area contributed by atoms with Gasteiger partial charge in [-0.1, -0.05) is 12.1 Å².